The summed E-state index contributed by atoms with van der Waals surface area (Å²) in [4.78, 5) is 7.01. The van der Waals surface area contributed by atoms with Gasteiger partial charge in [0.2, 0.25) is 5.88 Å². The Balaban J connectivity index is 2.05. The number of pyridine rings is 1. The Kier molecular flexibility index (Phi) is 4.27. The monoisotopic (exact) mass is 277 g/mol. The van der Waals surface area contributed by atoms with Gasteiger partial charge in [0.25, 0.3) is 0 Å². The van der Waals surface area contributed by atoms with Crippen LogP contribution in [0.15, 0.2) is 18.2 Å². The van der Waals surface area contributed by atoms with Gasteiger partial charge in [-0.1, -0.05) is 0 Å². The molecule has 4 nitrogen and oxygen atoms in total. The summed E-state index contributed by atoms with van der Waals surface area (Å²) in [5.41, 5.74) is 7.69. The molecule has 0 fully saturated rings. The largest absolute Gasteiger partial charge is 0.476 e. The number of aryl methyl sites for hydroxylation is 2. The lowest BCUT2D eigenvalue weighted by molar-refractivity contribution is 0.329. The molecule has 0 unspecified atom stereocenters. The molecule has 5 heteroatoms. The first-order valence-corrected chi connectivity index (χ1v) is 7.11. The molecule has 2 aromatic rings. The second-order valence-electron chi connectivity index (χ2n) is 4.33. The van der Waals surface area contributed by atoms with Crippen molar-refractivity contribution in [2.45, 2.75) is 27.3 Å². The zero-order valence-corrected chi connectivity index (χ0v) is 12.3. The van der Waals surface area contributed by atoms with Crippen LogP contribution in [0.1, 0.15) is 22.2 Å². The SMILES string of the molecule is CCOc1nc(NCc2cc(C)c(C)s2)ccc1N. The highest BCUT2D eigenvalue weighted by atomic mass is 32.1. The maximum atomic E-state index is 5.79. The summed E-state index contributed by atoms with van der Waals surface area (Å²) >= 11 is 1.80. The molecule has 3 N–H and O–H groups in total. The molecule has 2 heterocycles. The highest BCUT2D eigenvalue weighted by Crippen LogP contribution is 2.23. The van der Waals surface area contributed by atoms with Crippen molar-refractivity contribution in [3.63, 3.8) is 0 Å². The molecule has 0 spiro atoms. The van der Waals surface area contributed by atoms with Gasteiger partial charge < -0.3 is 15.8 Å². The summed E-state index contributed by atoms with van der Waals surface area (Å²) < 4.78 is 5.38. The van der Waals surface area contributed by atoms with Crippen LogP contribution >= 0.6 is 11.3 Å². The molecule has 0 saturated heterocycles. The molecule has 0 aromatic carbocycles. The van der Waals surface area contributed by atoms with Gasteiger partial charge >= 0.3 is 0 Å². The number of nitrogens with zero attached hydrogens (tertiary/aromatic N) is 1. The van der Waals surface area contributed by atoms with Gasteiger partial charge in [-0.25, -0.2) is 0 Å². The first-order valence-electron chi connectivity index (χ1n) is 6.29. The summed E-state index contributed by atoms with van der Waals surface area (Å²) in [6.07, 6.45) is 0. The predicted octanol–water partition coefficient (Wildman–Crippen LogP) is 3.35. The third-order valence-corrected chi connectivity index (χ3v) is 3.98. The quantitative estimate of drug-likeness (QED) is 0.880. The molecule has 0 amide bonds. The van der Waals surface area contributed by atoms with E-state index in [2.05, 4.69) is 30.2 Å². The number of nitrogens with two attached hydrogens (primary N) is 1. The highest BCUT2D eigenvalue weighted by molar-refractivity contribution is 7.12. The molecular formula is C14H19N3OS. The van der Waals surface area contributed by atoms with Gasteiger partial charge in [0.05, 0.1) is 18.8 Å². The van der Waals surface area contributed by atoms with Gasteiger partial charge in [-0.3, -0.25) is 0 Å². The van der Waals surface area contributed by atoms with Crippen LogP contribution < -0.4 is 15.8 Å². The Morgan fingerprint density at radius 3 is 2.79 bits per heavy atom. The van der Waals surface area contributed by atoms with Crippen molar-refractivity contribution < 1.29 is 4.74 Å². The van der Waals surface area contributed by atoms with E-state index < -0.39 is 0 Å². The van der Waals surface area contributed by atoms with E-state index in [9.17, 15) is 0 Å². The van der Waals surface area contributed by atoms with Gasteiger partial charge in [0, 0.05) is 9.75 Å². The molecule has 2 rings (SSSR count). The smallest absolute Gasteiger partial charge is 0.239 e. The van der Waals surface area contributed by atoms with E-state index in [0.717, 1.165) is 12.4 Å². The van der Waals surface area contributed by atoms with Gasteiger partial charge in [-0.2, -0.15) is 4.98 Å². The Bertz CT molecular complexity index is 546. The Hall–Kier alpha value is -1.75. The van der Waals surface area contributed by atoms with Crippen LogP contribution in [-0.4, -0.2) is 11.6 Å². The first-order chi connectivity index (χ1) is 9.10. The van der Waals surface area contributed by atoms with Gasteiger partial charge in [-0.15, -0.1) is 11.3 Å². The van der Waals surface area contributed by atoms with Crippen molar-refractivity contribution >= 4 is 22.8 Å². The van der Waals surface area contributed by atoms with Crippen molar-refractivity contribution in [2.75, 3.05) is 17.7 Å². The van der Waals surface area contributed by atoms with E-state index >= 15 is 0 Å². The zero-order chi connectivity index (χ0) is 13.8. The standard InChI is InChI=1S/C14H19N3OS/c1-4-18-14-12(15)5-6-13(17-14)16-8-11-7-9(2)10(3)19-11/h5-7H,4,8,15H2,1-3H3,(H,16,17). The van der Waals surface area contributed by atoms with Crippen molar-refractivity contribution in [3.05, 3.63) is 33.5 Å². The van der Waals surface area contributed by atoms with Gasteiger partial charge in [0.15, 0.2) is 0 Å². The van der Waals surface area contributed by atoms with Crippen LogP contribution in [0.3, 0.4) is 0 Å². The number of hydrogen-bond acceptors (Lipinski definition) is 5. The Morgan fingerprint density at radius 2 is 2.16 bits per heavy atom. The van der Waals surface area contributed by atoms with Crippen LogP contribution in [0.4, 0.5) is 11.5 Å². The highest BCUT2D eigenvalue weighted by Gasteiger charge is 2.05. The van der Waals surface area contributed by atoms with E-state index in [1.165, 1.54) is 15.3 Å². The number of hydrogen-bond donors (Lipinski definition) is 2. The molecule has 0 bridgehead atoms. The van der Waals surface area contributed by atoms with E-state index in [1.807, 2.05) is 19.1 Å². The van der Waals surface area contributed by atoms with E-state index in [-0.39, 0.29) is 0 Å². The number of aromatic nitrogens is 1. The fraction of sp³-hybridized carbons (Fsp3) is 0.357. The molecule has 0 aliphatic rings. The number of ether oxygens (including phenoxy) is 1. The maximum absolute atomic E-state index is 5.79. The van der Waals surface area contributed by atoms with Gasteiger partial charge in [0.1, 0.15) is 5.82 Å². The number of anilines is 2. The summed E-state index contributed by atoms with van der Waals surface area (Å²) in [5.74, 6) is 1.27. The second kappa shape index (κ2) is 5.93. The van der Waals surface area contributed by atoms with E-state index in [1.54, 1.807) is 11.3 Å². The zero-order valence-electron chi connectivity index (χ0n) is 11.5. The van der Waals surface area contributed by atoms with E-state index in [4.69, 9.17) is 10.5 Å². The van der Waals surface area contributed by atoms with Crippen molar-refractivity contribution in [2.24, 2.45) is 0 Å². The molecule has 19 heavy (non-hydrogen) atoms. The van der Waals surface area contributed by atoms with Crippen LogP contribution in [0.5, 0.6) is 5.88 Å². The molecule has 0 saturated carbocycles. The Labute approximate surface area is 117 Å². The minimum Gasteiger partial charge on any atom is -0.476 e. The summed E-state index contributed by atoms with van der Waals surface area (Å²) in [5, 5.41) is 3.29. The fourth-order valence-electron chi connectivity index (χ4n) is 1.72. The topological polar surface area (TPSA) is 60.2 Å². The minimum absolute atomic E-state index is 0.492. The van der Waals surface area contributed by atoms with Gasteiger partial charge in [-0.05, 0) is 44.5 Å². The summed E-state index contributed by atoms with van der Waals surface area (Å²) in [6.45, 7) is 7.51. The molecule has 0 aliphatic carbocycles. The van der Waals surface area contributed by atoms with Crippen LogP contribution in [0.25, 0.3) is 0 Å². The predicted molar refractivity (Wildman–Crippen MR) is 80.9 cm³/mol. The average molecular weight is 277 g/mol. The lowest BCUT2D eigenvalue weighted by Crippen LogP contribution is -2.04. The first kappa shape index (κ1) is 13.7. The van der Waals surface area contributed by atoms with Crippen molar-refractivity contribution in [1.29, 1.82) is 0 Å². The Morgan fingerprint density at radius 1 is 1.37 bits per heavy atom. The lowest BCUT2D eigenvalue weighted by atomic mass is 10.3. The van der Waals surface area contributed by atoms with Crippen LogP contribution in [-0.2, 0) is 6.54 Å². The fourth-order valence-corrected chi connectivity index (χ4v) is 2.71. The van der Waals surface area contributed by atoms with Crippen molar-refractivity contribution in [1.82, 2.24) is 4.98 Å². The lowest BCUT2D eigenvalue weighted by Gasteiger charge is -2.09. The third-order valence-electron chi connectivity index (χ3n) is 2.83. The molecular weight excluding hydrogens is 258 g/mol. The molecule has 102 valence electrons. The molecule has 0 radical (unpaired) electrons. The van der Waals surface area contributed by atoms with E-state index in [0.29, 0.717) is 18.2 Å². The van der Waals surface area contributed by atoms with Crippen LogP contribution in [0, 0.1) is 13.8 Å². The average Bonchev–Trinajstić information content (AvgIpc) is 2.70. The number of nitrogens with one attached hydrogen (secondary N) is 1. The molecule has 0 atom stereocenters. The number of nitrogen functional groups attached to an aromatic ring is 1. The van der Waals surface area contributed by atoms with Crippen LogP contribution in [0.2, 0.25) is 0 Å². The minimum atomic E-state index is 0.492. The number of thiophene rings is 1. The molecule has 0 aliphatic heterocycles. The summed E-state index contributed by atoms with van der Waals surface area (Å²) in [7, 11) is 0. The van der Waals surface area contributed by atoms with Crippen molar-refractivity contribution in [3.8, 4) is 5.88 Å². The second-order valence-corrected chi connectivity index (χ2v) is 5.67. The normalized spacial score (nSPS) is 10.5. The third kappa shape index (κ3) is 3.38. The molecule has 2 aromatic heterocycles. The maximum Gasteiger partial charge on any atom is 0.239 e. The summed E-state index contributed by atoms with van der Waals surface area (Å²) in [6, 6.07) is 5.88. The number of rotatable bonds is 5.